The topological polar surface area (TPSA) is 21.6 Å². The van der Waals surface area contributed by atoms with Crippen LogP contribution in [0.25, 0.3) is 0 Å². The van der Waals surface area contributed by atoms with Crippen LogP contribution in [0.1, 0.15) is 66.2 Å². The van der Waals surface area contributed by atoms with E-state index >= 15 is 0 Å². The number of nitrogens with zero attached hydrogens (tertiary/aromatic N) is 1. The van der Waals surface area contributed by atoms with E-state index in [0.717, 1.165) is 18.6 Å². The van der Waals surface area contributed by atoms with Crippen molar-refractivity contribution in [2.45, 2.75) is 77.8 Å². The lowest BCUT2D eigenvalue weighted by atomic mass is 10.3. The molecule has 0 bridgehead atoms. The van der Waals surface area contributed by atoms with Gasteiger partial charge in [0.1, 0.15) is 6.61 Å². The summed E-state index contributed by atoms with van der Waals surface area (Å²) in [5.41, 5.74) is 0.767. The summed E-state index contributed by atoms with van der Waals surface area (Å²) in [6, 6.07) is 1.29. The Morgan fingerprint density at radius 2 is 1.75 bits per heavy atom. The summed E-state index contributed by atoms with van der Waals surface area (Å²) in [5.74, 6) is 0. The van der Waals surface area contributed by atoms with Gasteiger partial charge in [-0.25, -0.2) is 0 Å². The highest BCUT2D eigenvalue weighted by Gasteiger charge is 2.12. The predicted octanol–water partition coefficient (Wildman–Crippen LogP) is 4.97. The molecule has 0 aliphatic heterocycles. The second-order valence-electron chi connectivity index (χ2n) is 4.56. The minimum atomic E-state index is -0.625. The standard InChI is InChI=1S/C13H29NOSi/c1-5-8-11-15-14-16(12-9-6-2)13(4)10-7-3/h13H,5-12H2,1-4H3. The van der Waals surface area contributed by atoms with Gasteiger partial charge >= 0.3 is 0 Å². The second-order valence-corrected chi connectivity index (χ2v) is 7.21. The highest BCUT2D eigenvalue weighted by molar-refractivity contribution is 6.48. The minimum Gasteiger partial charge on any atom is -0.407 e. The Labute approximate surface area is 103 Å². The van der Waals surface area contributed by atoms with Crippen molar-refractivity contribution in [3.63, 3.8) is 0 Å². The molecule has 96 valence electrons. The van der Waals surface area contributed by atoms with E-state index in [0.29, 0.717) is 0 Å². The highest BCUT2D eigenvalue weighted by Crippen LogP contribution is 2.18. The summed E-state index contributed by atoms with van der Waals surface area (Å²) in [7, 11) is -0.625. The van der Waals surface area contributed by atoms with E-state index in [-0.39, 0.29) is 0 Å². The van der Waals surface area contributed by atoms with Crippen LogP contribution in [0.15, 0.2) is 4.80 Å². The zero-order chi connectivity index (χ0) is 12.2. The van der Waals surface area contributed by atoms with E-state index in [1.807, 2.05) is 0 Å². The van der Waals surface area contributed by atoms with E-state index in [4.69, 9.17) is 4.84 Å². The first-order chi connectivity index (χ1) is 7.76. The van der Waals surface area contributed by atoms with Gasteiger partial charge in [-0.15, -0.1) is 0 Å². The molecule has 0 aliphatic carbocycles. The van der Waals surface area contributed by atoms with Crippen LogP contribution >= 0.6 is 0 Å². The molecule has 0 saturated carbocycles. The molecule has 0 aliphatic rings. The number of hydrogen-bond donors (Lipinski definition) is 0. The molecule has 0 amide bonds. The lowest BCUT2D eigenvalue weighted by molar-refractivity contribution is 0.142. The van der Waals surface area contributed by atoms with Gasteiger partial charge in [0.2, 0.25) is 0 Å². The summed E-state index contributed by atoms with van der Waals surface area (Å²) < 4.78 is 0. The summed E-state index contributed by atoms with van der Waals surface area (Å²) in [6.45, 7) is 9.86. The van der Waals surface area contributed by atoms with Crippen LogP contribution in [0.5, 0.6) is 0 Å². The van der Waals surface area contributed by atoms with Crippen molar-refractivity contribution in [3.8, 4) is 0 Å². The van der Waals surface area contributed by atoms with Gasteiger partial charge in [-0.3, -0.25) is 0 Å². The van der Waals surface area contributed by atoms with Crippen LogP contribution in [0.4, 0.5) is 0 Å². The first-order valence-corrected chi connectivity index (χ1v) is 8.68. The van der Waals surface area contributed by atoms with Gasteiger partial charge in [0, 0.05) is 0 Å². The lowest BCUT2D eigenvalue weighted by Gasteiger charge is -2.12. The summed E-state index contributed by atoms with van der Waals surface area (Å²) in [5, 5.41) is 0. The molecular weight excluding hydrogens is 214 g/mol. The Hall–Kier alpha value is -0.183. The molecule has 0 aromatic rings. The van der Waals surface area contributed by atoms with E-state index in [9.17, 15) is 0 Å². The summed E-state index contributed by atoms with van der Waals surface area (Å²) >= 11 is 0. The summed E-state index contributed by atoms with van der Waals surface area (Å²) in [4.78, 5) is 9.99. The van der Waals surface area contributed by atoms with Crippen LogP contribution in [-0.4, -0.2) is 15.2 Å². The molecule has 0 radical (unpaired) electrons. The largest absolute Gasteiger partial charge is 0.407 e. The molecule has 0 aromatic carbocycles. The highest BCUT2D eigenvalue weighted by atomic mass is 28.2. The maximum Gasteiger partial charge on any atom is 0.183 e. The van der Waals surface area contributed by atoms with Crippen molar-refractivity contribution in [2.75, 3.05) is 6.61 Å². The molecular formula is C13H29NOSi. The fraction of sp³-hybridized carbons (Fsp3) is 1.00. The van der Waals surface area contributed by atoms with Crippen molar-refractivity contribution in [1.82, 2.24) is 0 Å². The third-order valence-electron chi connectivity index (χ3n) is 2.85. The van der Waals surface area contributed by atoms with Gasteiger partial charge in [0.05, 0.1) is 0 Å². The molecule has 1 atom stereocenters. The fourth-order valence-corrected chi connectivity index (χ4v) is 4.04. The third kappa shape index (κ3) is 8.03. The molecule has 0 rings (SSSR count). The Balaban J connectivity index is 4.05. The van der Waals surface area contributed by atoms with Crippen molar-refractivity contribution in [2.24, 2.45) is 4.80 Å². The zero-order valence-electron chi connectivity index (χ0n) is 11.6. The average molecular weight is 243 g/mol. The molecule has 0 N–H and O–H groups in total. The van der Waals surface area contributed by atoms with Gasteiger partial charge in [0.25, 0.3) is 0 Å². The van der Waals surface area contributed by atoms with Crippen LogP contribution in [0.2, 0.25) is 11.6 Å². The predicted molar refractivity (Wildman–Crippen MR) is 73.1 cm³/mol. The smallest absolute Gasteiger partial charge is 0.183 e. The summed E-state index contributed by atoms with van der Waals surface area (Å²) in [6.07, 6.45) is 7.48. The molecule has 1 unspecified atom stereocenters. The Morgan fingerprint density at radius 1 is 1.06 bits per heavy atom. The van der Waals surface area contributed by atoms with Crippen LogP contribution in [0.3, 0.4) is 0 Å². The van der Waals surface area contributed by atoms with E-state index < -0.39 is 8.59 Å². The zero-order valence-corrected chi connectivity index (χ0v) is 12.6. The van der Waals surface area contributed by atoms with Gasteiger partial charge in [-0.2, -0.15) is 4.80 Å². The molecule has 0 aromatic heterocycles. The third-order valence-corrected chi connectivity index (χ3v) is 5.50. The number of hydrogen-bond acceptors (Lipinski definition) is 2. The first kappa shape index (κ1) is 15.8. The Kier molecular flexibility index (Phi) is 11.2. The molecule has 3 heteroatoms. The number of unbranched alkanes of at least 4 members (excludes halogenated alkanes) is 2. The van der Waals surface area contributed by atoms with Crippen molar-refractivity contribution >= 4 is 8.59 Å². The fourth-order valence-electron chi connectivity index (χ4n) is 1.68. The molecule has 0 fully saturated rings. The van der Waals surface area contributed by atoms with E-state index in [1.165, 1.54) is 38.1 Å². The van der Waals surface area contributed by atoms with Crippen molar-refractivity contribution in [1.29, 1.82) is 0 Å². The molecule has 0 saturated heterocycles. The van der Waals surface area contributed by atoms with Crippen LogP contribution < -0.4 is 0 Å². The van der Waals surface area contributed by atoms with Crippen molar-refractivity contribution < 1.29 is 4.84 Å². The Morgan fingerprint density at radius 3 is 2.31 bits per heavy atom. The van der Waals surface area contributed by atoms with E-state index in [1.54, 1.807) is 0 Å². The van der Waals surface area contributed by atoms with Crippen molar-refractivity contribution in [3.05, 3.63) is 0 Å². The normalized spacial score (nSPS) is 13.9. The SMILES string of the molecule is CCCCON=[Si](CCCC)C(C)CCC. The molecule has 0 spiro atoms. The van der Waals surface area contributed by atoms with Gasteiger partial charge in [-0.05, 0) is 24.4 Å². The van der Waals surface area contributed by atoms with Gasteiger partial charge in [-0.1, -0.05) is 53.4 Å². The molecule has 0 heterocycles. The molecule has 2 nitrogen and oxygen atoms in total. The quantitative estimate of drug-likeness (QED) is 0.301. The first-order valence-electron chi connectivity index (χ1n) is 6.94. The van der Waals surface area contributed by atoms with Crippen LogP contribution in [-0.2, 0) is 4.84 Å². The maximum atomic E-state index is 5.47. The lowest BCUT2D eigenvalue weighted by Crippen LogP contribution is -2.09. The monoisotopic (exact) mass is 243 g/mol. The van der Waals surface area contributed by atoms with E-state index in [2.05, 4.69) is 32.5 Å². The van der Waals surface area contributed by atoms with Gasteiger partial charge in [0.15, 0.2) is 8.59 Å². The number of rotatable bonds is 10. The average Bonchev–Trinajstić information content (AvgIpc) is 2.28. The minimum absolute atomic E-state index is 0.625. The Bertz CT molecular complexity index is 183. The van der Waals surface area contributed by atoms with Gasteiger partial charge < -0.3 is 4.84 Å². The molecule has 16 heavy (non-hydrogen) atoms. The van der Waals surface area contributed by atoms with Crippen LogP contribution in [0, 0.1) is 0 Å². The second kappa shape index (κ2) is 11.3. The maximum absolute atomic E-state index is 5.47.